The van der Waals surface area contributed by atoms with Crippen molar-refractivity contribution in [3.8, 4) is 17.2 Å². The van der Waals surface area contributed by atoms with Gasteiger partial charge in [0.25, 0.3) is 5.69 Å². The van der Waals surface area contributed by atoms with E-state index in [9.17, 15) is 14.9 Å². The summed E-state index contributed by atoms with van der Waals surface area (Å²) in [6.07, 6.45) is 1.96. The summed E-state index contributed by atoms with van der Waals surface area (Å²) in [4.78, 5) is 23.2. The number of nitrogens with one attached hydrogen (secondary N) is 1. The highest BCUT2D eigenvalue weighted by atomic mass is 16.6. The van der Waals surface area contributed by atoms with Gasteiger partial charge in [-0.05, 0) is 81.8 Å². The third-order valence-corrected chi connectivity index (χ3v) is 6.11. The second-order valence-corrected chi connectivity index (χ2v) is 9.02. The Labute approximate surface area is 226 Å². The van der Waals surface area contributed by atoms with E-state index in [0.29, 0.717) is 22.8 Å². The fourth-order valence-corrected chi connectivity index (χ4v) is 3.87. The maximum atomic E-state index is 12.5. The first-order valence-corrected chi connectivity index (χ1v) is 12.5. The van der Waals surface area contributed by atoms with Crippen molar-refractivity contribution >= 4 is 17.8 Å². The van der Waals surface area contributed by atoms with E-state index >= 15 is 0 Å². The van der Waals surface area contributed by atoms with E-state index in [2.05, 4.69) is 41.1 Å². The van der Waals surface area contributed by atoms with Crippen LogP contribution in [0.25, 0.3) is 5.69 Å². The maximum absolute atomic E-state index is 12.5. The van der Waals surface area contributed by atoms with Crippen molar-refractivity contribution in [3.05, 3.63) is 105 Å². The molecule has 2 aromatic heterocycles. The number of furan rings is 1. The van der Waals surface area contributed by atoms with Gasteiger partial charge in [-0.1, -0.05) is 6.92 Å². The predicted octanol–water partition coefficient (Wildman–Crippen LogP) is 6.12. The number of hydrogen-bond donors (Lipinski definition) is 1. The molecule has 0 saturated carbocycles. The average molecular weight is 531 g/mol. The third kappa shape index (κ3) is 6.72. The van der Waals surface area contributed by atoms with Gasteiger partial charge >= 0.3 is 5.91 Å². The van der Waals surface area contributed by atoms with Gasteiger partial charge in [-0.25, -0.2) is 5.43 Å². The van der Waals surface area contributed by atoms with Crippen molar-refractivity contribution in [2.24, 2.45) is 5.10 Å². The number of aryl methyl sites for hydroxylation is 2. The second kappa shape index (κ2) is 12.1. The molecule has 0 bridgehead atoms. The summed E-state index contributed by atoms with van der Waals surface area (Å²) in [5, 5.41) is 15.1. The number of hydrazone groups is 1. The van der Waals surface area contributed by atoms with E-state index in [0.717, 1.165) is 23.5 Å². The van der Waals surface area contributed by atoms with Gasteiger partial charge < -0.3 is 18.5 Å². The molecule has 0 spiro atoms. The van der Waals surface area contributed by atoms with E-state index in [1.54, 1.807) is 6.07 Å². The van der Waals surface area contributed by atoms with Gasteiger partial charge in [0.1, 0.15) is 23.9 Å². The highest BCUT2D eigenvalue weighted by Gasteiger charge is 2.14. The molecule has 202 valence electrons. The van der Waals surface area contributed by atoms with Crippen LogP contribution in [-0.4, -0.2) is 27.7 Å². The molecule has 0 aliphatic rings. The molecule has 1 N–H and O–H groups in total. The molecule has 0 aliphatic heterocycles. The first-order chi connectivity index (χ1) is 18.7. The Kier molecular flexibility index (Phi) is 8.45. The molecule has 2 aromatic carbocycles. The number of aromatic nitrogens is 1. The fraction of sp³-hybridized carbons (Fsp3) is 0.241. The van der Waals surface area contributed by atoms with Crippen molar-refractivity contribution in [3.63, 3.8) is 0 Å². The monoisotopic (exact) mass is 530 g/mol. The van der Waals surface area contributed by atoms with Crippen LogP contribution in [0.1, 0.15) is 53.5 Å². The van der Waals surface area contributed by atoms with Crippen LogP contribution >= 0.6 is 0 Å². The van der Waals surface area contributed by atoms with Crippen LogP contribution in [0.4, 0.5) is 5.69 Å². The molecule has 0 saturated heterocycles. The van der Waals surface area contributed by atoms with Gasteiger partial charge in [-0.3, -0.25) is 14.9 Å². The summed E-state index contributed by atoms with van der Waals surface area (Å²) in [5.74, 6) is 1.04. The number of nitrogens with zero attached hydrogens (tertiary/aromatic N) is 3. The van der Waals surface area contributed by atoms with Gasteiger partial charge in [0.15, 0.2) is 5.76 Å². The lowest BCUT2D eigenvalue weighted by Crippen LogP contribution is -2.17. The molecular formula is C29H30N4O6. The Balaban J connectivity index is 1.35. The van der Waals surface area contributed by atoms with Crippen LogP contribution in [0.5, 0.6) is 11.5 Å². The number of benzene rings is 2. The lowest BCUT2D eigenvalue weighted by atomic mass is 10.2. The van der Waals surface area contributed by atoms with E-state index in [1.165, 1.54) is 30.5 Å². The van der Waals surface area contributed by atoms with E-state index < -0.39 is 10.8 Å². The lowest BCUT2D eigenvalue weighted by Gasteiger charge is -2.14. The molecular weight excluding hydrogens is 500 g/mol. The van der Waals surface area contributed by atoms with Crippen molar-refractivity contribution < 1.29 is 23.6 Å². The summed E-state index contributed by atoms with van der Waals surface area (Å²) in [7, 11) is 0. The van der Waals surface area contributed by atoms with E-state index in [1.807, 2.05) is 38.1 Å². The lowest BCUT2D eigenvalue weighted by molar-refractivity contribution is -0.384. The molecule has 0 unspecified atom stereocenters. The predicted molar refractivity (Wildman–Crippen MR) is 147 cm³/mol. The minimum absolute atomic E-state index is 0.0507. The Morgan fingerprint density at radius 3 is 2.49 bits per heavy atom. The minimum atomic E-state index is -0.575. The first kappa shape index (κ1) is 27.2. The molecule has 0 aliphatic carbocycles. The van der Waals surface area contributed by atoms with Gasteiger partial charge in [-0.15, -0.1) is 0 Å². The van der Waals surface area contributed by atoms with Crippen molar-refractivity contribution in [1.29, 1.82) is 0 Å². The molecule has 0 fully saturated rings. The Morgan fingerprint density at radius 2 is 1.82 bits per heavy atom. The van der Waals surface area contributed by atoms with E-state index in [-0.39, 0.29) is 24.2 Å². The summed E-state index contributed by atoms with van der Waals surface area (Å²) >= 11 is 0. The molecule has 10 heteroatoms. The number of hydrogen-bond acceptors (Lipinski definition) is 7. The molecule has 39 heavy (non-hydrogen) atoms. The molecule has 10 nitrogen and oxygen atoms in total. The minimum Gasteiger partial charge on any atom is -0.490 e. The first-order valence-electron chi connectivity index (χ1n) is 12.5. The number of carbonyl (C=O) groups excluding carboxylic acids is 1. The summed E-state index contributed by atoms with van der Waals surface area (Å²) < 4.78 is 19.4. The van der Waals surface area contributed by atoms with Gasteiger partial charge in [0, 0.05) is 34.8 Å². The quantitative estimate of drug-likeness (QED) is 0.142. The van der Waals surface area contributed by atoms with Crippen LogP contribution in [0, 0.1) is 24.0 Å². The van der Waals surface area contributed by atoms with Gasteiger partial charge in [0.05, 0.1) is 17.2 Å². The molecule has 2 heterocycles. The normalized spacial score (nSPS) is 11.9. The van der Waals surface area contributed by atoms with Crippen LogP contribution in [0.3, 0.4) is 0 Å². The largest absolute Gasteiger partial charge is 0.490 e. The van der Waals surface area contributed by atoms with Crippen molar-refractivity contribution in [2.45, 2.75) is 46.8 Å². The number of nitro groups is 1. The number of nitro benzene ring substituents is 1. The standard InChI is InChI=1S/C29H30N4O6/c1-5-21(4)38-27-14-10-24(33(35)36)16-22(27)17-30-31-29(34)28-15-13-26(39-28)18-37-25-11-8-23(9-12-25)32-19(2)6-7-20(32)3/h6-17,21H,5,18H2,1-4H3,(H,31,34)/b30-17+/t21-/m1/s1. The van der Waals surface area contributed by atoms with Crippen LogP contribution in [0.15, 0.2) is 76.2 Å². The van der Waals surface area contributed by atoms with Crippen LogP contribution in [0.2, 0.25) is 0 Å². The van der Waals surface area contributed by atoms with Gasteiger partial charge in [0.2, 0.25) is 0 Å². The topological polar surface area (TPSA) is 121 Å². The highest BCUT2D eigenvalue weighted by molar-refractivity contribution is 5.93. The Morgan fingerprint density at radius 1 is 1.10 bits per heavy atom. The number of rotatable bonds is 11. The number of ether oxygens (including phenoxy) is 2. The Hall–Kier alpha value is -4.86. The van der Waals surface area contributed by atoms with Gasteiger partial charge in [-0.2, -0.15) is 5.10 Å². The molecule has 4 rings (SSSR count). The second-order valence-electron chi connectivity index (χ2n) is 9.02. The molecule has 4 aromatic rings. The molecule has 0 radical (unpaired) electrons. The maximum Gasteiger partial charge on any atom is 0.307 e. The highest BCUT2D eigenvalue weighted by Crippen LogP contribution is 2.24. The zero-order chi connectivity index (χ0) is 27.9. The van der Waals surface area contributed by atoms with Crippen molar-refractivity contribution in [2.75, 3.05) is 0 Å². The number of carbonyl (C=O) groups is 1. The van der Waals surface area contributed by atoms with E-state index in [4.69, 9.17) is 13.9 Å². The third-order valence-electron chi connectivity index (χ3n) is 6.11. The Bertz CT molecular complexity index is 1470. The number of amides is 1. The number of non-ortho nitro benzene ring substituents is 1. The molecule has 1 amide bonds. The fourth-order valence-electron chi connectivity index (χ4n) is 3.87. The summed E-state index contributed by atoms with van der Waals surface area (Å²) in [5.41, 5.74) is 5.97. The zero-order valence-corrected chi connectivity index (χ0v) is 22.2. The van der Waals surface area contributed by atoms with Crippen LogP contribution in [-0.2, 0) is 6.61 Å². The average Bonchev–Trinajstić information content (AvgIpc) is 3.54. The SMILES string of the molecule is CC[C@@H](C)Oc1ccc([N+](=O)[O-])cc1/C=N/NC(=O)c1ccc(COc2ccc(-n3c(C)ccc3C)cc2)o1. The zero-order valence-electron chi connectivity index (χ0n) is 22.2. The summed E-state index contributed by atoms with van der Waals surface area (Å²) in [6.45, 7) is 8.11. The molecule has 1 atom stereocenters. The van der Waals surface area contributed by atoms with Crippen molar-refractivity contribution in [1.82, 2.24) is 9.99 Å². The van der Waals surface area contributed by atoms with Crippen LogP contribution < -0.4 is 14.9 Å². The summed E-state index contributed by atoms with van der Waals surface area (Å²) in [6, 6.07) is 19.3. The smallest absolute Gasteiger partial charge is 0.307 e.